The van der Waals surface area contributed by atoms with E-state index in [1.165, 1.54) is 47.3 Å². The molecule has 9 atom stereocenters. The molecular formula is C16H24. The molecule has 0 aromatic carbocycles. The molecule has 0 aromatic heterocycles. The van der Waals surface area contributed by atoms with Crippen molar-refractivity contribution in [2.24, 2.45) is 58.7 Å². The van der Waals surface area contributed by atoms with Gasteiger partial charge in [-0.3, -0.25) is 0 Å². The van der Waals surface area contributed by atoms with E-state index in [-0.39, 0.29) is 0 Å². The average Bonchev–Trinajstić information content (AvgIpc) is 2.10. The summed E-state index contributed by atoms with van der Waals surface area (Å²) in [5.74, 6) is 10.9. The average molecular weight is 216 g/mol. The minimum Gasteiger partial charge on any atom is -0.0599 e. The van der Waals surface area contributed by atoms with Crippen LogP contribution in [-0.2, 0) is 0 Å². The largest absolute Gasteiger partial charge is 0.0599 e. The Morgan fingerprint density at radius 1 is 0.688 bits per heavy atom. The molecule has 5 aliphatic carbocycles. The molecule has 88 valence electrons. The zero-order chi connectivity index (χ0) is 10.8. The van der Waals surface area contributed by atoms with Crippen molar-refractivity contribution < 1.29 is 0 Å². The number of hydrogen-bond acceptors (Lipinski definition) is 0. The smallest absolute Gasteiger partial charge is 0.0312 e. The predicted molar refractivity (Wildman–Crippen MR) is 64.7 cm³/mol. The minimum absolute atomic E-state index is 0.597. The van der Waals surface area contributed by atoms with Crippen LogP contribution < -0.4 is 0 Å². The summed E-state index contributed by atoms with van der Waals surface area (Å²) < 4.78 is 0. The number of fused-ring (bicyclic) bond motifs is 10. The molecule has 0 amide bonds. The topological polar surface area (TPSA) is 0 Å². The molecule has 0 heterocycles. The molecular weight excluding hydrogens is 192 g/mol. The van der Waals surface area contributed by atoms with Gasteiger partial charge in [0.2, 0.25) is 0 Å². The van der Waals surface area contributed by atoms with Gasteiger partial charge in [0.1, 0.15) is 0 Å². The molecule has 0 bridgehead atoms. The van der Waals surface area contributed by atoms with Gasteiger partial charge >= 0.3 is 0 Å². The summed E-state index contributed by atoms with van der Waals surface area (Å²) in [6.07, 6.45) is 4.80. The van der Waals surface area contributed by atoms with Crippen LogP contribution in [0, 0.1) is 58.7 Å². The highest BCUT2D eigenvalue weighted by Gasteiger charge is 2.80. The third kappa shape index (κ3) is 0.680. The summed E-state index contributed by atoms with van der Waals surface area (Å²) >= 11 is 0. The van der Waals surface area contributed by atoms with Crippen molar-refractivity contribution in [1.29, 1.82) is 0 Å². The SMILES string of the molecule is CC(C)(C)C1C[C@@H]2[C@H]1[C@@H]1[C@H]2[C@H]2[C@@H]3CC[C@@H]3[C@H]21. The summed E-state index contributed by atoms with van der Waals surface area (Å²) in [5.41, 5.74) is 0.597. The predicted octanol–water partition coefficient (Wildman–Crippen LogP) is 3.82. The molecule has 0 heteroatoms. The van der Waals surface area contributed by atoms with Crippen molar-refractivity contribution >= 4 is 0 Å². The van der Waals surface area contributed by atoms with Crippen LogP contribution in [0.2, 0.25) is 0 Å². The Balaban J connectivity index is 1.39. The zero-order valence-electron chi connectivity index (χ0n) is 10.8. The Bertz CT molecular complexity index is 357. The lowest BCUT2D eigenvalue weighted by molar-refractivity contribution is -0.382. The van der Waals surface area contributed by atoms with Crippen LogP contribution in [-0.4, -0.2) is 0 Å². The molecule has 1 unspecified atom stereocenters. The van der Waals surface area contributed by atoms with Crippen molar-refractivity contribution in [3.63, 3.8) is 0 Å². The van der Waals surface area contributed by atoms with Gasteiger partial charge in [-0.25, -0.2) is 0 Å². The van der Waals surface area contributed by atoms with Crippen LogP contribution in [0.15, 0.2) is 0 Å². The third-order valence-electron chi connectivity index (χ3n) is 7.69. The maximum Gasteiger partial charge on any atom is -0.0312 e. The first-order valence-corrected chi connectivity index (χ1v) is 7.59. The first-order valence-electron chi connectivity index (χ1n) is 7.59. The fourth-order valence-electron chi connectivity index (χ4n) is 6.93. The van der Waals surface area contributed by atoms with E-state index in [1.807, 2.05) is 0 Å². The Morgan fingerprint density at radius 2 is 1.25 bits per heavy atom. The van der Waals surface area contributed by atoms with Crippen LogP contribution in [0.5, 0.6) is 0 Å². The van der Waals surface area contributed by atoms with Crippen LogP contribution >= 0.6 is 0 Å². The second-order valence-corrected chi connectivity index (χ2v) is 8.66. The first-order chi connectivity index (χ1) is 7.59. The molecule has 0 saturated heterocycles. The van der Waals surface area contributed by atoms with E-state index in [2.05, 4.69) is 20.8 Å². The Hall–Kier alpha value is 0. The van der Waals surface area contributed by atoms with Crippen molar-refractivity contribution in [1.82, 2.24) is 0 Å². The summed E-state index contributed by atoms with van der Waals surface area (Å²) in [5, 5.41) is 0. The van der Waals surface area contributed by atoms with Crippen molar-refractivity contribution in [2.75, 3.05) is 0 Å². The van der Waals surface area contributed by atoms with Gasteiger partial charge in [0.25, 0.3) is 0 Å². The summed E-state index contributed by atoms with van der Waals surface area (Å²) in [6, 6.07) is 0. The maximum absolute atomic E-state index is 2.48. The van der Waals surface area contributed by atoms with Crippen LogP contribution in [0.25, 0.3) is 0 Å². The lowest BCUT2D eigenvalue weighted by Gasteiger charge is -2.86. The molecule has 0 aromatic rings. The van der Waals surface area contributed by atoms with Gasteiger partial charge in [0, 0.05) is 0 Å². The fourth-order valence-corrected chi connectivity index (χ4v) is 6.93. The third-order valence-corrected chi connectivity index (χ3v) is 7.69. The van der Waals surface area contributed by atoms with Gasteiger partial charge in [-0.1, -0.05) is 20.8 Å². The van der Waals surface area contributed by atoms with E-state index in [0.29, 0.717) is 5.41 Å². The molecule has 5 fully saturated rings. The van der Waals surface area contributed by atoms with E-state index in [1.54, 1.807) is 19.3 Å². The first kappa shape index (κ1) is 9.00. The molecule has 0 nitrogen and oxygen atoms in total. The standard InChI is InChI=1S/C16H24/c1-16(2,3)10-6-9-11(10)15-13-8-5-4-7(8)12(13)14(9)15/h7-15H,4-6H2,1-3H3/t7-,8+,9-,10?,11-,12+,13-,14-,15+/m1/s1. The molecule has 5 saturated carbocycles. The van der Waals surface area contributed by atoms with Crippen molar-refractivity contribution in [3.05, 3.63) is 0 Å². The van der Waals surface area contributed by atoms with E-state index in [9.17, 15) is 0 Å². The monoisotopic (exact) mass is 216 g/mol. The molecule has 16 heavy (non-hydrogen) atoms. The van der Waals surface area contributed by atoms with Gasteiger partial charge < -0.3 is 0 Å². The van der Waals surface area contributed by atoms with Gasteiger partial charge in [0.05, 0.1) is 0 Å². The van der Waals surface area contributed by atoms with Crippen molar-refractivity contribution in [3.8, 4) is 0 Å². The maximum atomic E-state index is 2.48. The van der Waals surface area contributed by atoms with Gasteiger partial charge in [-0.15, -0.1) is 0 Å². The van der Waals surface area contributed by atoms with E-state index >= 15 is 0 Å². The minimum atomic E-state index is 0.597. The quantitative estimate of drug-likeness (QED) is 0.540. The zero-order valence-corrected chi connectivity index (χ0v) is 10.8. The van der Waals surface area contributed by atoms with E-state index in [4.69, 9.17) is 0 Å². The molecule has 5 rings (SSSR count). The summed E-state index contributed by atoms with van der Waals surface area (Å²) in [7, 11) is 0. The van der Waals surface area contributed by atoms with E-state index < -0.39 is 0 Å². The second kappa shape index (κ2) is 2.27. The van der Waals surface area contributed by atoms with Gasteiger partial charge in [-0.2, -0.15) is 0 Å². The van der Waals surface area contributed by atoms with Crippen LogP contribution in [0.1, 0.15) is 40.0 Å². The highest BCUT2D eigenvalue weighted by Crippen LogP contribution is 2.85. The number of hydrogen-bond donors (Lipinski definition) is 0. The van der Waals surface area contributed by atoms with Crippen LogP contribution in [0.4, 0.5) is 0 Å². The highest BCUT2D eigenvalue weighted by molar-refractivity contribution is 5.27. The molecule has 0 spiro atoms. The van der Waals surface area contributed by atoms with E-state index in [0.717, 1.165) is 5.92 Å². The Kier molecular flexibility index (Phi) is 1.28. The Labute approximate surface area is 99.2 Å². The summed E-state index contributed by atoms with van der Waals surface area (Å²) in [6.45, 7) is 7.43. The normalized spacial score (nSPS) is 68.8. The number of rotatable bonds is 0. The van der Waals surface area contributed by atoms with Crippen LogP contribution in [0.3, 0.4) is 0 Å². The highest BCUT2D eigenvalue weighted by atomic mass is 14.8. The molecule has 0 radical (unpaired) electrons. The Morgan fingerprint density at radius 3 is 1.81 bits per heavy atom. The molecule has 5 aliphatic rings. The summed E-state index contributed by atoms with van der Waals surface area (Å²) in [4.78, 5) is 0. The van der Waals surface area contributed by atoms with Gasteiger partial charge in [0.15, 0.2) is 0 Å². The lowest BCUT2D eigenvalue weighted by atomic mass is 9.19. The fraction of sp³-hybridized carbons (Fsp3) is 1.00. The van der Waals surface area contributed by atoms with Crippen molar-refractivity contribution in [2.45, 2.75) is 40.0 Å². The van der Waals surface area contributed by atoms with Gasteiger partial charge in [-0.05, 0) is 77.9 Å². The second-order valence-electron chi connectivity index (χ2n) is 8.66. The lowest BCUT2D eigenvalue weighted by Crippen LogP contribution is -2.81. The molecule has 0 N–H and O–H groups in total. The molecule has 0 aliphatic heterocycles.